The Balaban J connectivity index is 1.63. The maximum Gasteiger partial charge on any atom is 0.307 e. The van der Waals surface area contributed by atoms with Crippen LogP contribution in [0.3, 0.4) is 0 Å². The van der Waals surface area contributed by atoms with Crippen molar-refractivity contribution in [1.29, 1.82) is 0 Å². The number of carbonyl (C=O) groups excluding carboxylic acids is 1. The van der Waals surface area contributed by atoms with Crippen LogP contribution in [0, 0.1) is 18.8 Å². The van der Waals surface area contributed by atoms with Crippen LogP contribution in [-0.4, -0.2) is 43.1 Å². The number of aromatic nitrogens is 4. The summed E-state index contributed by atoms with van der Waals surface area (Å²) in [5, 5.41) is 21.0. The fraction of sp³-hybridized carbons (Fsp3) is 0.529. The van der Waals surface area contributed by atoms with E-state index >= 15 is 0 Å². The third-order valence-corrected chi connectivity index (χ3v) is 4.72. The smallest absolute Gasteiger partial charge is 0.307 e. The molecule has 0 unspecified atom stereocenters. The first kappa shape index (κ1) is 17.2. The van der Waals surface area contributed by atoms with Crippen LogP contribution in [0.1, 0.15) is 25.5 Å². The van der Waals surface area contributed by atoms with Crippen molar-refractivity contribution in [2.24, 2.45) is 11.8 Å². The molecule has 1 amide bonds. The van der Waals surface area contributed by atoms with Gasteiger partial charge in [0.1, 0.15) is 11.0 Å². The highest BCUT2D eigenvalue weighted by Gasteiger charge is 2.33. The van der Waals surface area contributed by atoms with Gasteiger partial charge in [-0.3, -0.25) is 19.0 Å². The fourth-order valence-electron chi connectivity index (χ4n) is 3.42. The van der Waals surface area contributed by atoms with Crippen molar-refractivity contribution in [2.45, 2.75) is 39.8 Å². The zero-order valence-electron chi connectivity index (χ0n) is 14.5. The van der Waals surface area contributed by atoms with Gasteiger partial charge in [-0.05, 0) is 26.7 Å². The third-order valence-electron chi connectivity index (χ3n) is 4.72. The lowest BCUT2D eigenvalue weighted by molar-refractivity contribution is -0.147. The molecule has 2 atom stereocenters. The molecule has 8 nitrogen and oxygen atoms in total. The molecule has 2 aromatic rings. The molecule has 0 aliphatic heterocycles. The molecule has 25 heavy (non-hydrogen) atoms. The Labute approximate surface area is 145 Å². The maximum atomic E-state index is 12.4. The number of fused-ring (bicyclic) bond motifs is 1. The van der Waals surface area contributed by atoms with Crippen LogP contribution in [0.15, 0.2) is 18.3 Å². The molecule has 0 bridgehead atoms. The number of hydrogen-bond donors (Lipinski definition) is 2. The largest absolute Gasteiger partial charge is 0.481 e. The van der Waals surface area contributed by atoms with E-state index in [4.69, 9.17) is 0 Å². The Morgan fingerprint density at radius 2 is 2.00 bits per heavy atom. The summed E-state index contributed by atoms with van der Waals surface area (Å²) >= 11 is 0. The number of carbonyl (C=O) groups is 2. The molecule has 3 rings (SSSR count). The van der Waals surface area contributed by atoms with E-state index in [1.807, 2.05) is 35.4 Å². The first-order valence-electron chi connectivity index (χ1n) is 8.57. The van der Waals surface area contributed by atoms with Gasteiger partial charge in [-0.15, -0.1) is 0 Å². The van der Waals surface area contributed by atoms with E-state index in [0.717, 1.165) is 23.3 Å². The lowest BCUT2D eigenvalue weighted by atomic mass is 9.82. The number of carboxylic acid groups (broad SMARTS) is 1. The van der Waals surface area contributed by atoms with Gasteiger partial charge >= 0.3 is 5.97 Å². The minimum atomic E-state index is -0.916. The van der Waals surface area contributed by atoms with Crippen LogP contribution in [0.4, 0.5) is 0 Å². The van der Waals surface area contributed by atoms with E-state index in [9.17, 15) is 14.7 Å². The van der Waals surface area contributed by atoms with Crippen LogP contribution in [0.5, 0.6) is 0 Å². The SMILES string of the molecule is CCn1nc(C)c2c1cnn2CCNC(=O)[C@@H]1CC=CC[C@@H]1C(=O)O. The molecule has 2 aromatic heterocycles. The number of hydrogen-bond acceptors (Lipinski definition) is 4. The quantitative estimate of drug-likeness (QED) is 0.769. The minimum absolute atomic E-state index is 0.207. The van der Waals surface area contributed by atoms with Crippen LogP contribution in [0.25, 0.3) is 11.0 Å². The van der Waals surface area contributed by atoms with E-state index in [2.05, 4.69) is 15.5 Å². The van der Waals surface area contributed by atoms with Crippen molar-refractivity contribution < 1.29 is 14.7 Å². The highest BCUT2D eigenvalue weighted by molar-refractivity contribution is 5.85. The average molecular weight is 345 g/mol. The highest BCUT2D eigenvalue weighted by atomic mass is 16.4. The van der Waals surface area contributed by atoms with E-state index in [1.165, 1.54) is 0 Å². The van der Waals surface area contributed by atoms with Crippen molar-refractivity contribution in [1.82, 2.24) is 24.9 Å². The van der Waals surface area contributed by atoms with Crippen molar-refractivity contribution >= 4 is 22.9 Å². The van der Waals surface area contributed by atoms with Gasteiger partial charge < -0.3 is 10.4 Å². The number of aliphatic carboxylic acids is 1. The standard InChI is InChI=1S/C17H23N5O3/c1-3-21-14-10-19-22(15(14)11(2)20-21)9-8-18-16(23)12-6-4-5-7-13(12)17(24)25/h4-5,10,12-13H,3,6-9H2,1-2H3,(H,18,23)(H,24,25)/t12-,13+/m1/s1. The summed E-state index contributed by atoms with van der Waals surface area (Å²) in [5.41, 5.74) is 2.86. The van der Waals surface area contributed by atoms with Crippen LogP contribution < -0.4 is 5.32 Å². The molecule has 0 spiro atoms. The lowest BCUT2D eigenvalue weighted by Gasteiger charge is -2.24. The van der Waals surface area contributed by atoms with Crippen LogP contribution in [-0.2, 0) is 22.7 Å². The second-order valence-corrected chi connectivity index (χ2v) is 6.29. The van der Waals surface area contributed by atoms with Gasteiger partial charge in [0.25, 0.3) is 0 Å². The first-order chi connectivity index (χ1) is 12.0. The molecule has 0 radical (unpaired) electrons. The number of nitrogens with one attached hydrogen (secondary N) is 1. The normalized spacial score (nSPS) is 20.1. The van der Waals surface area contributed by atoms with E-state index in [-0.39, 0.29) is 5.91 Å². The van der Waals surface area contributed by atoms with Crippen molar-refractivity contribution in [3.8, 4) is 0 Å². The van der Waals surface area contributed by atoms with Crippen molar-refractivity contribution in [3.63, 3.8) is 0 Å². The van der Waals surface area contributed by atoms with Gasteiger partial charge in [-0.2, -0.15) is 10.2 Å². The van der Waals surface area contributed by atoms with Gasteiger partial charge in [0, 0.05) is 13.1 Å². The Morgan fingerprint density at radius 3 is 2.68 bits per heavy atom. The number of allylic oxidation sites excluding steroid dienone is 2. The molecule has 1 aliphatic rings. The maximum absolute atomic E-state index is 12.4. The molecule has 2 N–H and O–H groups in total. The molecule has 8 heteroatoms. The van der Waals surface area contributed by atoms with Crippen molar-refractivity contribution in [3.05, 3.63) is 24.0 Å². The summed E-state index contributed by atoms with van der Waals surface area (Å²) in [4.78, 5) is 23.7. The number of carboxylic acids is 1. The number of amides is 1. The number of aryl methyl sites for hydroxylation is 2. The average Bonchev–Trinajstić information content (AvgIpc) is 3.16. The zero-order chi connectivity index (χ0) is 18.0. The van der Waals surface area contributed by atoms with Crippen LogP contribution in [0.2, 0.25) is 0 Å². The summed E-state index contributed by atoms with van der Waals surface area (Å²) in [7, 11) is 0. The highest BCUT2D eigenvalue weighted by Crippen LogP contribution is 2.26. The van der Waals surface area contributed by atoms with E-state index in [0.29, 0.717) is 25.9 Å². The summed E-state index contributed by atoms with van der Waals surface area (Å²) < 4.78 is 3.73. The summed E-state index contributed by atoms with van der Waals surface area (Å²) in [6, 6.07) is 0. The van der Waals surface area contributed by atoms with Gasteiger partial charge in [0.05, 0.1) is 30.3 Å². The molecule has 0 fully saturated rings. The molecule has 2 heterocycles. The number of nitrogens with zero attached hydrogens (tertiary/aromatic N) is 4. The molecular formula is C17H23N5O3. The van der Waals surface area contributed by atoms with Gasteiger partial charge in [0.15, 0.2) is 0 Å². The lowest BCUT2D eigenvalue weighted by Crippen LogP contribution is -2.39. The minimum Gasteiger partial charge on any atom is -0.481 e. The molecule has 0 aromatic carbocycles. The van der Waals surface area contributed by atoms with Crippen molar-refractivity contribution in [2.75, 3.05) is 6.54 Å². The predicted molar refractivity (Wildman–Crippen MR) is 91.9 cm³/mol. The zero-order valence-corrected chi connectivity index (χ0v) is 14.5. The Hall–Kier alpha value is -2.64. The topological polar surface area (TPSA) is 102 Å². The Morgan fingerprint density at radius 1 is 1.28 bits per heavy atom. The molecular weight excluding hydrogens is 322 g/mol. The van der Waals surface area contributed by atoms with Gasteiger partial charge in [-0.1, -0.05) is 12.2 Å². The first-order valence-corrected chi connectivity index (χ1v) is 8.57. The van der Waals surface area contributed by atoms with E-state index < -0.39 is 17.8 Å². The Bertz CT molecular complexity index is 820. The second-order valence-electron chi connectivity index (χ2n) is 6.29. The summed E-state index contributed by atoms with van der Waals surface area (Å²) in [6.07, 6.45) is 6.37. The summed E-state index contributed by atoms with van der Waals surface area (Å²) in [6.45, 7) is 5.67. The molecule has 0 saturated heterocycles. The third kappa shape index (κ3) is 3.29. The number of rotatable bonds is 6. The second kappa shape index (κ2) is 7.08. The Kier molecular flexibility index (Phi) is 4.87. The molecule has 1 aliphatic carbocycles. The van der Waals surface area contributed by atoms with Gasteiger partial charge in [-0.25, -0.2) is 0 Å². The summed E-state index contributed by atoms with van der Waals surface area (Å²) in [5.74, 6) is -2.28. The molecule has 134 valence electrons. The monoisotopic (exact) mass is 345 g/mol. The van der Waals surface area contributed by atoms with Gasteiger partial charge in [0.2, 0.25) is 5.91 Å². The molecule has 0 saturated carbocycles. The van der Waals surface area contributed by atoms with E-state index in [1.54, 1.807) is 6.20 Å². The predicted octanol–water partition coefficient (Wildman–Crippen LogP) is 1.34. The van der Waals surface area contributed by atoms with Crippen LogP contribution >= 0.6 is 0 Å². The fourth-order valence-corrected chi connectivity index (χ4v) is 3.42.